The van der Waals surface area contributed by atoms with E-state index >= 15 is 0 Å². The van der Waals surface area contributed by atoms with Crippen molar-refractivity contribution in [2.75, 3.05) is 25.4 Å². The van der Waals surface area contributed by atoms with Crippen LogP contribution in [-0.2, 0) is 14.8 Å². The lowest BCUT2D eigenvalue weighted by Crippen LogP contribution is -2.35. The zero-order chi connectivity index (χ0) is 10.6. The molecular formula is C7H11N3O3S. The van der Waals surface area contributed by atoms with Crippen LogP contribution in [0, 0.1) is 11.3 Å². The highest BCUT2D eigenvalue weighted by Crippen LogP contribution is 2.04. The molecule has 1 heterocycles. The Bertz CT molecular complexity index is 357. The molecule has 78 valence electrons. The molecule has 0 aromatic carbocycles. The largest absolute Gasteiger partial charge is 0.355 e. The summed E-state index contributed by atoms with van der Waals surface area (Å²) < 4.78 is 24.0. The van der Waals surface area contributed by atoms with Gasteiger partial charge in [0.05, 0.1) is 6.07 Å². The molecule has 6 nitrogen and oxygen atoms in total. The fourth-order valence-electron chi connectivity index (χ4n) is 1.20. The maximum absolute atomic E-state index is 11.4. The minimum absolute atomic E-state index is 0.153. The Morgan fingerprint density at radius 3 is 2.86 bits per heavy atom. The van der Waals surface area contributed by atoms with Crippen LogP contribution in [0.25, 0.3) is 0 Å². The SMILES string of the molecule is N#CCS(=O)(=O)N1CCNC(=O)CC1. The van der Waals surface area contributed by atoms with Crippen LogP contribution in [0.1, 0.15) is 6.42 Å². The minimum Gasteiger partial charge on any atom is -0.355 e. The van der Waals surface area contributed by atoms with Gasteiger partial charge < -0.3 is 5.32 Å². The number of carbonyl (C=O) groups excluding carboxylic acids is 1. The quantitative estimate of drug-likeness (QED) is 0.620. The molecule has 0 aromatic rings. The summed E-state index contributed by atoms with van der Waals surface area (Å²) in [6.07, 6.45) is 0.157. The Kier molecular flexibility index (Phi) is 3.43. The monoisotopic (exact) mass is 217 g/mol. The molecule has 1 aliphatic rings. The fourth-order valence-corrected chi connectivity index (χ4v) is 2.28. The number of nitriles is 1. The predicted octanol–water partition coefficient (Wildman–Crippen LogP) is -1.34. The van der Waals surface area contributed by atoms with Crippen molar-refractivity contribution in [3.8, 4) is 6.07 Å². The van der Waals surface area contributed by atoms with E-state index in [1.165, 1.54) is 4.31 Å². The van der Waals surface area contributed by atoms with Gasteiger partial charge in [-0.3, -0.25) is 4.79 Å². The van der Waals surface area contributed by atoms with Crippen LogP contribution >= 0.6 is 0 Å². The predicted molar refractivity (Wildman–Crippen MR) is 48.6 cm³/mol. The molecule has 0 spiro atoms. The van der Waals surface area contributed by atoms with Crippen LogP contribution in [0.3, 0.4) is 0 Å². The van der Waals surface area contributed by atoms with Crippen molar-refractivity contribution in [2.45, 2.75) is 6.42 Å². The summed E-state index contributed by atoms with van der Waals surface area (Å²) in [6.45, 7) is 0.717. The van der Waals surface area contributed by atoms with Crippen molar-refractivity contribution < 1.29 is 13.2 Å². The summed E-state index contributed by atoms with van der Waals surface area (Å²) in [5, 5.41) is 10.9. The fraction of sp³-hybridized carbons (Fsp3) is 0.714. The topological polar surface area (TPSA) is 90.3 Å². The van der Waals surface area contributed by atoms with Crippen LogP contribution in [0.2, 0.25) is 0 Å². The molecule has 0 saturated carbocycles. The van der Waals surface area contributed by atoms with Crippen molar-refractivity contribution in [3.63, 3.8) is 0 Å². The Morgan fingerprint density at radius 2 is 2.21 bits per heavy atom. The highest BCUT2D eigenvalue weighted by Gasteiger charge is 2.24. The number of nitrogens with zero attached hydrogens (tertiary/aromatic N) is 2. The van der Waals surface area contributed by atoms with E-state index in [4.69, 9.17) is 5.26 Å². The molecule has 1 rings (SSSR count). The summed E-state index contributed by atoms with van der Waals surface area (Å²) >= 11 is 0. The van der Waals surface area contributed by atoms with Gasteiger partial charge in [-0.05, 0) is 0 Å². The van der Waals surface area contributed by atoms with Crippen LogP contribution in [0.4, 0.5) is 0 Å². The van der Waals surface area contributed by atoms with E-state index < -0.39 is 15.8 Å². The van der Waals surface area contributed by atoms with E-state index in [0.717, 1.165) is 0 Å². The first-order valence-corrected chi connectivity index (χ1v) is 5.78. The zero-order valence-electron chi connectivity index (χ0n) is 7.56. The number of hydrogen-bond donors (Lipinski definition) is 1. The Balaban J connectivity index is 2.69. The lowest BCUT2D eigenvalue weighted by molar-refractivity contribution is -0.120. The van der Waals surface area contributed by atoms with E-state index in [0.29, 0.717) is 6.54 Å². The van der Waals surface area contributed by atoms with E-state index in [2.05, 4.69) is 5.32 Å². The maximum Gasteiger partial charge on any atom is 0.227 e. The Hall–Kier alpha value is -1.13. The number of sulfonamides is 1. The highest BCUT2D eigenvalue weighted by molar-refractivity contribution is 7.89. The van der Waals surface area contributed by atoms with Crippen LogP contribution < -0.4 is 5.32 Å². The van der Waals surface area contributed by atoms with Crippen molar-refractivity contribution in [2.24, 2.45) is 0 Å². The summed E-state index contributed by atoms with van der Waals surface area (Å²) in [4.78, 5) is 10.9. The molecule has 1 amide bonds. The van der Waals surface area contributed by atoms with Crippen LogP contribution in [0.15, 0.2) is 0 Å². The molecule has 1 aliphatic heterocycles. The molecule has 1 fully saturated rings. The molecule has 0 radical (unpaired) electrons. The number of nitrogens with one attached hydrogen (secondary N) is 1. The summed E-state index contributed by atoms with van der Waals surface area (Å²) in [6, 6.07) is 1.60. The lowest BCUT2D eigenvalue weighted by atomic mass is 10.4. The first-order valence-electron chi connectivity index (χ1n) is 4.18. The van der Waals surface area contributed by atoms with Crippen molar-refractivity contribution in [1.82, 2.24) is 9.62 Å². The molecule has 7 heteroatoms. The molecule has 0 bridgehead atoms. The summed E-state index contributed by atoms with van der Waals surface area (Å²) in [7, 11) is -3.50. The van der Waals surface area contributed by atoms with Gasteiger partial charge in [0.15, 0.2) is 5.75 Å². The number of rotatable bonds is 2. The smallest absolute Gasteiger partial charge is 0.227 e. The standard InChI is InChI=1S/C7H11N3O3S/c8-2-6-14(12,13)10-4-1-7(11)9-3-5-10/h1,3-6H2,(H,9,11). The first-order chi connectivity index (χ1) is 6.56. The van der Waals surface area contributed by atoms with Gasteiger partial charge in [-0.2, -0.15) is 9.57 Å². The van der Waals surface area contributed by atoms with Crippen molar-refractivity contribution in [3.05, 3.63) is 0 Å². The molecule has 0 unspecified atom stereocenters. The van der Waals surface area contributed by atoms with Gasteiger partial charge in [0.2, 0.25) is 15.9 Å². The highest BCUT2D eigenvalue weighted by atomic mass is 32.2. The number of amides is 1. The minimum atomic E-state index is -3.50. The molecular weight excluding hydrogens is 206 g/mol. The average Bonchev–Trinajstić information content (AvgIpc) is 2.30. The third kappa shape index (κ3) is 2.68. The third-order valence-corrected chi connectivity index (χ3v) is 3.56. The van der Waals surface area contributed by atoms with Gasteiger partial charge in [-0.15, -0.1) is 0 Å². The van der Waals surface area contributed by atoms with E-state index in [9.17, 15) is 13.2 Å². The van der Waals surface area contributed by atoms with E-state index in [-0.39, 0.29) is 25.4 Å². The second kappa shape index (κ2) is 4.39. The van der Waals surface area contributed by atoms with E-state index in [1.54, 1.807) is 6.07 Å². The van der Waals surface area contributed by atoms with Crippen molar-refractivity contribution in [1.29, 1.82) is 5.26 Å². The maximum atomic E-state index is 11.4. The third-order valence-electron chi connectivity index (χ3n) is 1.91. The number of hydrogen-bond acceptors (Lipinski definition) is 4. The molecule has 14 heavy (non-hydrogen) atoms. The zero-order valence-corrected chi connectivity index (χ0v) is 8.38. The van der Waals surface area contributed by atoms with Gasteiger partial charge in [-0.1, -0.05) is 0 Å². The van der Waals surface area contributed by atoms with Crippen LogP contribution in [-0.4, -0.2) is 44.0 Å². The Morgan fingerprint density at radius 1 is 1.50 bits per heavy atom. The second-order valence-corrected chi connectivity index (χ2v) is 4.88. The summed E-state index contributed by atoms with van der Waals surface area (Å²) in [5.74, 6) is -0.680. The van der Waals surface area contributed by atoms with E-state index in [1.807, 2.05) is 0 Å². The Labute approximate surface area is 82.5 Å². The number of carbonyl (C=O) groups is 1. The molecule has 0 aromatic heterocycles. The first kappa shape index (κ1) is 10.9. The second-order valence-electron chi connectivity index (χ2n) is 2.91. The molecule has 1 N–H and O–H groups in total. The summed E-state index contributed by atoms with van der Waals surface area (Å²) in [5.41, 5.74) is 0. The lowest BCUT2D eigenvalue weighted by Gasteiger charge is -2.16. The van der Waals surface area contributed by atoms with Gasteiger partial charge in [0.1, 0.15) is 0 Å². The molecule has 1 saturated heterocycles. The molecule has 0 aliphatic carbocycles. The normalized spacial score (nSPS) is 19.5. The van der Waals surface area contributed by atoms with Crippen LogP contribution in [0.5, 0.6) is 0 Å². The van der Waals surface area contributed by atoms with Gasteiger partial charge in [-0.25, -0.2) is 8.42 Å². The van der Waals surface area contributed by atoms with Crippen molar-refractivity contribution >= 4 is 15.9 Å². The van der Waals surface area contributed by atoms with Gasteiger partial charge >= 0.3 is 0 Å². The van der Waals surface area contributed by atoms with Gasteiger partial charge in [0.25, 0.3) is 0 Å². The average molecular weight is 217 g/mol. The van der Waals surface area contributed by atoms with Gasteiger partial charge in [0, 0.05) is 26.1 Å². The molecule has 0 atom stereocenters.